The molecule has 3 heteroatoms. The molecule has 0 amide bonds. The summed E-state index contributed by atoms with van der Waals surface area (Å²) in [5, 5.41) is 0. The minimum atomic E-state index is 0.662. The fraction of sp³-hybridized carbons (Fsp3) is 0.600. The van der Waals surface area contributed by atoms with E-state index in [9.17, 15) is 0 Å². The fourth-order valence-electron chi connectivity index (χ4n) is 3.93. The predicted molar refractivity (Wildman–Crippen MR) is 139 cm³/mol. The molecule has 0 aliphatic rings. The van der Waals surface area contributed by atoms with Gasteiger partial charge >= 0.3 is 0 Å². The molecular weight excluding hydrogens is 408 g/mol. The molecule has 0 aliphatic carbocycles. The third kappa shape index (κ3) is 11.2. The van der Waals surface area contributed by atoms with Crippen LogP contribution >= 0.6 is 0 Å². The molecule has 2 aromatic rings. The number of rotatable bonds is 18. The molecule has 2 rings (SSSR count). The molecule has 2 atom stereocenters. The number of unbranched alkanes of at least 4 members (excludes halogenated alkanes) is 2. The van der Waals surface area contributed by atoms with Crippen molar-refractivity contribution in [1.82, 2.24) is 0 Å². The number of benzene rings is 2. The molecule has 2 aromatic carbocycles. The first-order chi connectivity index (χ1) is 16.2. The van der Waals surface area contributed by atoms with Crippen LogP contribution in [-0.4, -0.2) is 13.2 Å². The Labute approximate surface area is 202 Å². The second kappa shape index (κ2) is 16.7. The monoisotopic (exact) mass is 454 g/mol. The lowest BCUT2D eigenvalue weighted by molar-refractivity contribution is 0.0819. The van der Waals surface area contributed by atoms with Gasteiger partial charge in [-0.15, -0.1) is 0 Å². The van der Waals surface area contributed by atoms with Gasteiger partial charge in [0.15, 0.2) is 0 Å². The Kier molecular flexibility index (Phi) is 13.9. The van der Waals surface area contributed by atoms with Crippen LogP contribution < -0.4 is 4.74 Å². The average Bonchev–Trinajstić information content (AvgIpc) is 2.85. The van der Waals surface area contributed by atoms with Crippen LogP contribution in [0.2, 0.25) is 0 Å². The summed E-state index contributed by atoms with van der Waals surface area (Å²) in [6.07, 6.45) is 10.0. The minimum absolute atomic E-state index is 0.662. The van der Waals surface area contributed by atoms with Crippen LogP contribution in [0.5, 0.6) is 11.5 Å². The molecule has 0 saturated carbocycles. The van der Waals surface area contributed by atoms with Crippen molar-refractivity contribution in [3.8, 4) is 11.5 Å². The van der Waals surface area contributed by atoms with Crippen molar-refractivity contribution < 1.29 is 14.2 Å². The predicted octanol–water partition coefficient (Wildman–Crippen LogP) is 8.94. The first kappa shape index (κ1) is 27.4. The van der Waals surface area contributed by atoms with E-state index in [2.05, 4.69) is 52.0 Å². The van der Waals surface area contributed by atoms with Crippen LogP contribution in [0, 0.1) is 11.8 Å². The third-order valence-electron chi connectivity index (χ3n) is 6.41. The van der Waals surface area contributed by atoms with Crippen LogP contribution in [0.15, 0.2) is 48.5 Å². The Morgan fingerprint density at radius 1 is 0.576 bits per heavy atom. The fourth-order valence-corrected chi connectivity index (χ4v) is 3.93. The molecule has 184 valence electrons. The maximum absolute atomic E-state index is 6.02. The van der Waals surface area contributed by atoms with Gasteiger partial charge in [0.2, 0.25) is 0 Å². The van der Waals surface area contributed by atoms with Crippen molar-refractivity contribution >= 4 is 0 Å². The first-order valence-electron chi connectivity index (χ1n) is 13.2. The van der Waals surface area contributed by atoms with Gasteiger partial charge in [-0.1, -0.05) is 90.5 Å². The van der Waals surface area contributed by atoms with Gasteiger partial charge < -0.3 is 14.2 Å². The normalized spacial score (nSPS) is 13.1. The second-order valence-electron chi connectivity index (χ2n) is 9.25. The molecule has 0 saturated heterocycles. The molecule has 0 spiro atoms. The summed E-state index contributed by atoms with van der Waals surface area (Å²) < 4.78 is 17.9. The van der Waals surface area contributed by atoms with E-state index in [0.717, 1.165) is 24.7 Å². The van der Waals surface area contributed by atoms with Gasteiger partial charge in [0.05, 0.1) is 13.2 Å². The highest BCUT2D eigenvalue weighted by molar-refractivity contribution is 5.34. The summed E-state index contributed by atoms with van der Waals surface area (Å²) in [5.74, 6) is 3.04. The van der Waals surface area contributed by atoms with Crippen LogP contribution in [0.3, 0.4) is 0 Å². The Balaban J connectivity index is 1.72. The van der Waals surface area contributed by atoms with Gasteiger partial charge in [0, 0.05) is 13.2 Å². The summed E-state index contributed by atoms with van der Waals surface area (Å²) in [5.41, 5.74) is 2.37. The maximum Gasteiger partial charge on any atom is 0.127 e. The number of hydrogen-bond donors (Lipinski definition) is 0. The van der Waals surface area contributed by atoms with Crippen LogP contribution in [0.1, 0.15) is 90.2 Å². The maximum atomic E-state index is 6.02. The Hall–Kier alpha value is -1.84. The highest BCUT2D eigenvalue weighted by atomic mass is 16.5. The van der Waals surface area contributed by atoms with Crippen molar-refractivity contribution in [2.45, 2.75) is 92.3 Å². The SMILES string of the molecule is CCCCC(CC)COCc1ccc(Oc2ccc(COCC(CC)CCCC)cc2)cc1. The topological polar surface area (TPSA) is 27.7 Å². The van der Waals surface area contributed by atoms with Crippen LogP contribution in [0.25, 0.3) is 0 Å². The van der Waals surface area contributed by atoms with E-state index in [1.807, 2.05) is 24.3 Å². The zero-order chi connectivity index (χ0) is 23.7. The largest absolute Gasteiger partial charge is 0.457 e. The van der Waals surface area contributed by atoms with Crippen LogP contribution in [0.4, 0.5) is 0 Å². The van der Waals surface area contributed by atoms with Gasteiger partial charge in [-0.3, -0.25) is 0 Å². The molecule has 0 N–H and O–H groups in total. The van der Waals surface area contributed by atoms with E-state index in [1.54, 1.807) is 0 Å². The van der Waals surface area contributed by atoms with E-state index in [1.165, 1.54) is 62.5 Å². The molecule has 0 aromatic heterocycles. The molecule has 0 aliphatic heterocycles. The zero-order valence-corrected chi connectivity index (χ0v) is 21.5. The summed E-state index contributed by atoms with van der Waals surface area (Å²) >= 11 is 0. The van der Waals surface area contributed by atoms with Crippen molar-refractivity contribution in [2.75, 3.05) is 13.2 Å². The van der Waals surface area contributed by atoms with Crippen LogP contribution in [-0.2, 0) is 22.7 Å². The second-order valence-corrected chi connectivity index (χ2v) is 9.25. The Morgan fingerprint density at radius 2 is 0.970 bits per heavy atom. The molecule has 0 radical (unpaired) electrons. The van der Waals surface area contributed by atoms with Crippen molar-refractivity contribution in [1.29, 1.82) is 0 Å². The standard InChI is InChI=1S/C30H46O3/c1-5-9-11-25(7-3)21-31-23-27-13-17-29(18-14-27)33-30-19-15-28(16-20-30)24-32-22-26(8-4)12-10-6-2/h13-20,25-26H,5-12,21-24H2,1-4H3. The van der Waals surface area contributed by atoms with Gasteiger partial charge in [-0.25, -0.2) is 0 Å². The van der Waals surface area contributed by atoms with E-state index >= 15 is 0 Å². The highest BCUT2D eigenvalue weighted by Crippen LogP contribution is 2.23. The van der Waals surface area contributed by atoms with E-state index in [0.29, 0.717) is 25.0 Å². The Morgan fingerprint density at radius 3 is 1.30 bits per heavy atom. The zero-order valence-electron chi connectivity index (χ0n) is 21.5. The van der Waals surface area contributed by atoms with E-state index < -0.39 is 0 Å². The van der Waals surface area contributed by atoms with E-state index in [4.69, 9.17) is 14.2 Å². The first-order valence-corrected chi connectivity index (χ1v) is 13.2. The lowest BCUT2D eigenvalue weighted by Gasteiger charge is -2.15. The van der Waals surface area contributed by atoms with Crippen molar-refractivity contribution in [3.63, 3.8) is 0 Å². The van der Waals surface area contributed by atoms with Crippen molar-refractivity contribution in [2.24, 2.45) is 11.8 Å². The molecule has 3 nitrogen and oxygen atoms in total. The summed E-state index contributed by atoms with van der Waals surface area (Å²) in [6, 6.07) is 16.4. The molecule has 0 heterocycles. The highest BCUT2D eigenvalue weighted by Gasteiger charge is 2.07. The summed E-state index contributed by atoms with van der Waals surface area (Å²) in [7, 11) is 0. The summed E-state index contributed by atoms with van der Waals surface area (Å²) in [6.45, 7) is 12.0. The average molecular weight is 455 g/mol. The lowest BCUT2D eigenvalue weighted by atomic mass is 10.0. The third-order valence-corrected chi connectivity index (χ3v) is 6.41. The Bertz CT molecular complexity index is 660. The molecule has 33 heavy (non-hydrogen) atoms. The molecule has 2 unspecified atom stereocenters. The van der Waals surface area contributed by atoms with E-state index in [-0.39, 0.29) is 0 Å². The number of ether oxygens (including phenoxy) is 3. The molecule has 0 bridgehead atoms. The summed E-state index contributed by atoms with van der Waals surface area (Å²) in [4.78, 5) is 0. The quantitative estimate of drug-likeness (QED) is 0.225. The number of hydrogen-bond acceptors (Lipinski definition) is 3. The van der Waals surface area contributed by atoms with Gasteiger partial charge in [0.25, 0.3) is 0 Å². The lowest BCUT2D eigenvalue weighted by Crippen LogP contribution is -2.08. The van der Waals surface area contributed by atoms with Gasteiger partial charge in [-0.2, -0.15) is 0 Å². The smallest absolute Gasteiger partial charge is 0.127 e. The molecule has 0 fully saturated rings. The minimum Gasteiger partial charge on any atom is -0.457 e. The molecular formula is C30H46O3. The van der Waals surface area contributed by atoms with Gasteiger partial charge in [-0.05, 0) is 60.1 Å². The van der Waals surface area contributed by atoms with Crippen molar-refractivity contribution in [3.05, 3.63) is 59.7 Å². The van der Waals surface area contributed by atoms with Gasteiger partial charge in [0.1, 0.15) is 11.5 Å².